The summed E-state index contributed by atoms with van der Waals surface area (Å²) in [6, 6.07) is 7.64. The zero-order valence-electron chi connectivity index (χ0n) is 11.2. The summed E-state index contributed by atoms with van der Waals surface area (Å²) in [5, 5.41) is 0. The third-order valence-corrected chi connectivity index (χ3v) is 3.22. The topological polar surface area (TPSA) is 68.5 Å². The lowest BCUT2D eigenvalue weighted by Crippen LogP contribution is -2.24. The molecule has 0 radical (unpaired) electrons. The van der Waals surface area contributed by atoms with Gasteiger partial charge in [-0.3, -0.25) is 9.69 Å². The molecule has 1 aliphatic rings. The van der Waals surface area contributed by atoms with Crippen molar-refractivity contribution in [3.05, 3.63) is 42.3 Å². The normalized spacial score (nSPS) is 13.8. The number of nitrogen functional groups attached to an aromatic ring is 1. The first-order valence-corrected chi connectivity index (χ1v) is 6.60. The number of carbonyl (C=O) groups excluding carboxylic acids is 1. The Morgan fingerprint density at radius 2 is 2.14 bits per heavy atom. The van der Waals surface area contributed by atoms with E-state index in [0.717, 1.165) is 19.3 Å². The van der Waals surface area contributed by atoms with Crippen LogP contribution in [-0.4, -0.2) is 17.4 Å². The van der Waals surface area contributed by atoms with Gasteiger partial charge in [0.05, 0.1) is 0 Å². The molecule has 5 nitrogen and oxygen atoms in total. The number of pyridine rings is 1. The van der Waals surface area contributed by atoms with E-state index in [1.807, 2.05) is 0 Å². The van der Waals surface area contributed by atoms with Crippen LogP contribution in [0.15, 0.2) is 36.5 Å². The highest BCUT2D eigenvalue weighted by Gasteiger charge is 2.30. The van der Waals surface area contributed by atoms with Gasteiger partial charge in [0, 0.05) is 30.1 Å². The minimum absolute atomic E-state index is 0.0745. The van der Waals surface area contributed by atoms with Crippen LogP contribution < -0.4 is 15.4 Å². The Labute approximate surface area is 121 Å². The van der Waals surface area contributed by atoms with Crippen LogP contribution in [0.3, 0.4) is 0 Å². The van der Waals surface area contributed by atoms with Gasteiger partial charge >= 0.3 is 0 Å². The number of nitrogens with zero attached hydrogens (tertiary/aromatic N) is 2. The van der Waals surface area contributed by atoms with Gasteiger partial charge in [0.2, 0.25) is 6.41 Å². The Balaban J connectivity index is 1.84. The van der Waals surface area contributed by atoms with E-state index in [0.29, 0.717) is 17.3 Å². The van der Waals surface area contributed by atoms with E-state index in [9.17, 15) is 9.18 Å². The Morgan fingerprint density at radius 1 is 1.33 bits per heavy atom. The lowest BCUT2D eigenvalue weighted by atomic mass is 10.3. The molecule has 1 fully saturated rings. The molecule has 0 bridgehead atoms. The molecule has 6 heteroatoms. The molecule has 21 heavy (non-hydrogen) atoms. The molecule has 1 aliphatic carbocycles. The predicted octanol–water partition coefficient (Wildman–Crippen LogP) is 2.72. The molecule has 1 aromatic heterocycles. The van der Waals surface area contributed by atoms with Gasteiger partial charge in [-0.1, -0.05) is 0 Å². The maximum Gasteiger partial charge on any atom is 0.215 e. The molecule has 1 heterocycles. The second-order valence-corrected chi connectivity index (χ2v) is 4.89. The number of rotatable bonds is 5. The van der Waals surface area contributed by atoms with Crippen molar-refractivity contribution >= 4 is 17.9 Å². The number of nitrogens with two attached hydrogens (primary N) is 1. The monoisotopic (exact) mass is 287 g/mol. The van der Waals surface area contributed by atoms with Crippen molar-refractivity contribution in [1.82, 2.24) is 4.98 Å². The second kappa shape index (κ2) is 5.40. The molecule has 3 rings (SSSR count). The number of ether oxygens (including phenoxy) is 1. The van der Waals surface area contributed by atoms with Crippen LogP contribution in [0.25, 0.3) is 0 Å². The fraction of sp³-hybridized carbons (Fsp3) is 0.200. The molecular formula is C15H14FN3O2. The summed E-state index contributed by atoms with van der Waals surface area (Å²) in [7, 11) is 0. The molecule has 0 atom stereocenters. The van der Waals surface area contributed by atoms with E-state index < -0.39 is 5.82 Å². The van der Waals surface area contributed by atoms with Crippen molar-refractivity contribution in [2.75, 3.05) is 10.6 Å². The Morgan fingerprint density at radius 3 is 2.81 bits per heavy atom. The van der Waals surface area contributed by atoms with Crippen LogP contribution in [0.2, 0.25) is 0 Å². The smallest absolute Gasteiger partial charge is 0.215 e. The molecule has 2 N–H and O–H groups in total. The summed E-state index contributed by atoms with van der Waals surface area (Å²) >= 11 is 0. The molecule has 108 valence electrons. The molecule has 1 amide bonds. The first kappa shape index (κ1) is 13.4. The summed E-state index contributed by atoms with van der Waals surface area (Å²) in [5.74, 6) is 0.449. The zero-order valence-corrected chi connectivity index (χ0v) is 11.2. The number of halogens is 1. The van der Waals surface area contributed by atoms with Crippen LogP contribution in [-0.2, 0) is 4.79 Å². The fourth-order valence-corrected chi connectivity index (χ4v) is 2.01. The van der Waals surface area contributed by atoms with Crippen molar-refractivity contribution < 1.29 is 13.9 Å². The van der Waals surface area contributed by atoms with Crippen LogP contribution in [0, 0.1) is 5.82 Å². The third kappa shape index (κ3) is 2.94. The van der Waals surface area contributed by atoms with Gasteiger partial charge in [-0.05, 0) is 31.0 Å². The molecule has 0 unspecified atom stereocenters. The van der Waals surface area contributed by atoms with Gasteiger partial charge in [-0.2, -0.15) is 0 Å². The average Bonchev–Trinajstić information content (AvgIpc) is 3.28. The molecule has 0 aliphatic heterocycles. The van der Waals surface area contributed by atoms with E-state index in [4.69, 9.17) is 10.5 Å². The largest absolute Gasteiger partial charge is 0.454 e. The van der Waals surface area contributed by atoms with Crippen LogP contribution in [0.5, 0.6) is 11.5 Å². The van der Waals surface area contributed by atoms with E-state index >= 15 is 0 Å². The molecule has 2 aromatic rings. The van der Waals surface area contributed by atoms with E-state index in [1.165, 1.54) is 18.3 Å². The highest BCUT2D eigenvalue weighted by molar-refractivity contribution is 5.75. The van der Waals surface area contributed by atoms with Crippen molar-refractivity contribution in [3.8, 4) is 11.5 Å². The van der Waals surface area contributed by atoms with E-state index in [1.54, 1.807) is 23.1 Å². The molecule has 0 spiro atoms. The fourth-order valence-electron chi connectivity index (χ4n) is 2.01. The zero-order chi connectivity index (χ0) is 14.8. The summed E-state index contributed by atoms with van der Waals surface area (Å²) in [5.41, 5.74) is 5.82. The number of carbonyl (C=O) groups is 1. The highest BCUT2D eigenvalue weighted by Crippen LogP contribution is 2.32. The molecule has 1 saturated carbocycles. The predicted molar refractivity (Wildman–Crippen MR) is 76.7 cm³/mol. The number of aromatic nitrogens is 1. The maximum atomic E-state index is 13.7. The van der Waals surface area contributed by atoms with Gasteiger partial charge in [0.15, 0.2) is 11.6 Å². The summed E-state index contributed by atoms with van der Waals surface area (Å²) in [6.07, 6.45) is 4.22. The van der Waals surface area contributed by atoms with Gasteiger partial charge < -0.3 is 10.5 Å². The van der Waals surface area contributed by atoms with Gasteiger partial charge in [0.25, 0.3) is 0 Å². The van der Waals surface area contributed by atoms with E-state index in [2.05, 4.69) is 4.98 Å². The number of anilines is 2. The lowest BCUT2D eigenvalue weighted by Gasteiger charge is -2.16. The van der Waals surface area contributed by atoms with E-state index in [-0.39, 0.29) is 11.8 Å². The van der Waals surface area contributed by atoms with Crippen LogP contribution in [0.4, 0.5) is 15.9 Å². The number of benzene rings is 1. The van der Waals surface area contributed by atoms with Gasteiger partial charge in [-0.25, -0.2) is 9.37 Å². The highest BCUT2D eigenvalue weighted by atomic mass is 19.1. The summed E-state index contributed by atoms with van der Waals surface area (Å²) < 4.78 is 19.2. The lowest BCUT2D eigenvalue weighted by molar-refractivity contribution is -0.107. The van der Waals surface area contributed by atoms with Crippen LogP contribution in [0.1, 0.15) is 12.8 Å². The minimum Gasteiger partial charge on any atom is -0.454 e. The van der Waals surface area contributed by atoms with Gasteiger partial charge in [0.1, 0.15) is 11.6 Å². The third-order valence-electron chi connectivity index (χ3n) is 3.22. The number of hydrogen-bond donors (Lipinski definition) is 1. The molecular weight excluding hydrogens is 273 g/mol. The Bertz CT molecular complexity index is 674. The van der Waals surface area contributed by atoms with Crippen LogP contribution >= 0.6 is 0 Å². The Hall–Kier alpha value is -2.63. The number of hydrogen-bond acceptors (Lipinski definition) is 4. The number of amides is 1. The Kier molecular flexibility index (Phi) is 3.43. The van der Waals surface area contributed by atoms with Crippen molar-refractivity contribution in [3.63, 3.8) is 0 Å². The first-order chi connectivity index (χ1) is 10.2. The average molecular weight is 287 g/mol. The first-order valence-electron chi connectivity index (χ1n) is 6.60. The molecule has 0 saturated heterocycles. The maximum absolute atomic E-state index is 13.7. The summed E-state index contributed by atoms with van der Waals surface area (Å²) in [6.45, 7) is 0. The second-order valence-electron chi connectivity index (χ2n) is 4.89. The summed E-state index contributed by atoms with van der Waals surface area (Å²) in [4.78, 5) is 16.8. The van der Waals surface area contributed by atoms with Crippen molar-refractivity contribution in [2.24, 2.45) is 0 Å². The quantitative estimate of drug-likeness (QED) is 0.678. The standard InChI is InChI=1S/C15H14FN3O2/c16-13-7-10(17)1-4-14(13)21-12-5-6-18-15(8-12)19(9-20)11-2-3-11/h1,4-9,11H,2-3,17H2. The molecule has 1 aromatic carbocycles. The van der Waals surface area contributed by atoms with Crippen molar-refractivity contribution in [2.45, 2.75) is 18.9 Å². The van der Waals surface area contributed by atoms with Gasteiger partial charge in [-0.15, -0.1) is 0 Å². The minimum atomic E-state index is -0.539. The van der Waals surface area contributed by atoms with Crippen molar-refractivity contribution in [1.29, 1.82) is 0 Å². The SMILES string of the molecule is Nc1ccc(Oc2ccnc(N(C=O)C3CC3)c2)c(F)c1.